The van der Waals surface area contributed by atoms with E-state index < -0.39 is 78.2 Å². The Labute approximate surface area is 231 Å². The molecule has 0 aliphatic heterocycles. The number of benzene rings is 1. The van der Waals surface area contributed by atoms with Crippen molar-refractivity contribution in [1.29, 1.82) is 0 Å². The summed E-state index contributed by atoms with van der Waals surface area (Å²) in [5, 5.41) is 37.9. The van der Waals surface area contributed by atoms with Gasteiger partial charge >= 0.3 is 5.97 Å². The normalized spacial score (nSPS) is 14.7. The number of carbonyl (C=O) groups is 6. The maximum atomic E-state index is 12.9. The number of phenolic OH excluding ortho intramolecular Hbond substituents is 1. The maximum absolute atomic E-state index is 12.9. The lowest BCUT2D eigenvalue weighted by molar-refractivity contribution is -0.142. The molecule has 0 aliphatic rings. The number of hydrogen-bond acceptors (Lipinski definition) is 9. The quantitative estimate of drug-likeness (QED) is 0.0993. The predicted molar refractivity (Wildman–Crippen MR) is 141 cm³/mol. The van der Waals surface area contributed by atoms with E-state index in [9.17, 15) is 44.1 Å². The monoisotopic (exact) mass is 566 g/mol. The van der Waals surface area contributed by atoms with Gasteiger partial charge in [-0.1, -0.05) is 26.0 Å². The molecule has 15 heteroatoms. The highest BCUT2D eigenvalue weighted by Gasteiger charge is 2.30. The number of aliphatic carboxylic acids is 1. The number of nitrogens with one attached hydrogen (secondary N) is 4. The summed E-state index contributed by atoms with van der Waals surface area (Å²) in [6.07, 6.45) is -1.74. The summed E-state index contributed by atoms with van der Waals surface area (Å²) in [5.41, 5.74) is 11.3. The van der Waals surface area contributed by atoms with Crippen molar-refractivity contribution in [2.45, 2.75) is 70.3 Å². The Morgan fingerprint density at radius 2 is 1.45 bits per heavy atom. The minimum Gasteiger partial charge on any atom is -0.508 e. The molecule has 0 aliphatic carbocycles. The third-order valence-electron chi connectivity index (χ3n) is 5.81. The molecule has 0 saturated heterocycles. The highest BCUT2D eigenvalue weighted by Crippen LogP contribution is 2.12. The fourth-order valence-corrected chi connectivity index (χ4v) is 3.42. The van der Waals surface area contributed by atoms with Gasteiger partial charge in [0.2, 0.25) is 29.5 Å². The van der Waals surface area contributed by atoms with Crippen LogP contribution in [-0.2, 0) is 35.2 Å². The summed E-state index contributed by atoms with van der Waals surface area (Å²) in [7, 11) is 0. The molecule has 0 aromatic heterocycles. The molecule has 0 saturated carbocycles. The van der Waals surface area contributed by atoms with Crippen LogP contribution in [0.1, 0.15) is 39.2 Å². The number of primary amides is 1. The number of phenols is 1. The molecule has 0 radical (unpaired) electrons. The van der Waals surface area contributed by atoms with Crippen molar-refractivity contribution in [2.75, 3.05) is 6.54 Å². The molecule has 15 nitrogen and oxygen atoms in total. The Bertz CT molecular complexity index is 1060. The van der Waals surface area contributed by atoms with E-state index in [4.69, 9.17) is 11.5 Å². The zero-order valence-corrected chi connectivity index (χ0v) is 22.5. The summed E-state index contributed by atoms with van der Waals surface area (Å²) in [5.74, 6) is -5.76. The molecule has 0 heterocycles. The molecule has 0 spiro atoms. The Morgan fingerprint density at radius 3 is 1.95 bits per heavy atom. The molecule has 222 valence electrons. The number of carboxylic acid groups (broad SMARTS) is 1. The van der Waals surface area contributed by atoms with Crippen molar-refractivity contribution in [1.82, 2.24) is 21.3 Å². The van der Waals surface area contributed by atoms with Gasteiger partial charge in [-0.05, 0) is 37.0 Å². The predicted octanol–water partition coefficient (Wildman–Crippen LogP) is -2.78. The standard InChI is InChI=1S/C25H38N6O9/c1-12(2)21(24(38)29-16(25(39)40)8-9-18(26)34)31-19(35)11-28-22(36)17(30-23(37)20(27)13(3)32)10-14-4-6-15(33)7-5-14/h4-7,12-13,16-17,20-21,32-33H,8-11,27H2,1-3H3,(H2,26,34)(H,28,36)(H,29,38)(H,30,37)(H,31,35)(H,39,40)/t13-,16+,17+,20+,21+/m1/s1. The van der Waals surface area contributed by atoms with Gasteiger partial charge < -0.3 is 48.1 Å². The van der Waals surface area contributed by atoms with E-state index in [1.54, 1.807) is 13.8 Å². The van der Waals surface area contributed by atoms with Crippen molar-refractivity contribution in [3.8, 4) is 5.75 Å². The van der Waals surface area contributed by atoms with Crippen LogP contribution in [0.15, 0.2) is 24.3 Å². The van der Waals surface area contributed by atoms with E-state index >= 15 is 0 Å². The largest absolute Gasteiger partial charge is 0.508 e. The molecular formula is C25H38N6O9. The lowest BCUT2D eigenvalue weighted by Crippen LogP contribution is -2.57. The maximum Gasteiger partial charge on any atom is 0.326 e. The molecule has 5 amide bonds. The fourth-order valence-electron chi connectivity index (χ4n) is 3.42. The Morgan fingerprint density at radius 1 is 0.875 bits per heavy atom. The van der Waals surface area contributed by atoms with E-state index in [-0.39, 0.29) is 25.0 Å². The number of aliphatic hydroxyl groups is 1. The third-order valence-corrected chi connectivity index (χ3v) is 5.81. The van der Waals surface area contributed by atoms with Crippen LogP contribution in [0, 0.1) is 5.92 Å². The van der Waals surface area contributed by atoms with Crippen molar-refractivity contribution in [3.05, 3.63) is 29.8 Å². The summed E-state index contributed by atoms with van der Waals surface area (Å²) in [6.45, 7) is 3.93. The molecule has 0 fully saturated rings. The Kier molecular flexibility index (Phi) is 13.5. The van der Waals surface area contributed by atoms with Crippen LogP contribution < -0.4 is 32.7 Å². The van der Waals surface area contributed by atoms with E-state index in [0.717, 1.165) is 0 Å². The van der Waals surface area contributed by atoms with Crippen molar-refractivity contribution >= 4 is 35.5 Å². The van der Waals surface area contributed by atoms with Gasteiger partial charge in [0.1, 0.15) is 29.9 Å². The summed E-state index contributed by atoms with van der Waals surface area (Å²) in [6, 6.07) is 0.737. The van der Waals surface area contributed by atoms with Crippen molar-refractivity contribution < 1.29 is 44.1 Å². The van der Waals surface area contributed by atoms with E-state index in [0.29, 0.717) is 5.56 Å². The lowest BCUT2D eigenvalue weighted by atomic mass is 10.0. The summed E-state index contributed by atoms with van der Waals surface area (Å²) in [4.78, 5) is 73.0. The van der Waals surface area contributed by atoms with Gasteiger partial charge in [0.25, 0.3) is 0 Å². The molecule has 0 unspecified atom stereocenters. The number of carbonyl (C=O) groups excluding carboxylic acids is 5. The second-order valence-electron chi connectivity index (χ2n) is 9.61. The van der Waals surface area contributed by atoms with Crippen LogP contribution in [0.25, 0.3) is 0 Å². The van der Waals surface area contributed by atoms with Crippen LogP contribution in [0.4, 0.5) is 0 Å². The minimum absolute atomic E-state index is 0.00660. The molecule has 1 aromatic rings. The van der Waals surface area contributed by atoms with Gasteiger partial charge in [-0.3, -0.25) is 24.0 Å². The molecule has 40 heavy (non-hydrogen) atoms. The second kappa shape index (κ2) is 16.0. The zero-order chi connectivity index (χ0) is 30.6. The van der Waals surface area contributed by atoms with Crippen LogP contribution in [0.3, 0.4) is 0 Å². The van der Waals surface area contributed by atoms with E-state index in [2.05, 4.69) is 21.3 Å². The lowest BCUT2D eigenvalue weighted by Gasteiger charge is -2.24. The SMILES string of the molecule is CC(C)[C@H](NC(=O)CNC(=O)[C@H](Cc1ccc(O)cc1)NC(=O)[C@@H](N)[C@@H](C)O)C(=O)N[C@@H](CCC(N)=O)C(=O)O. The van der Waals surface area contributed by atoms with Gasteiger partial charge in [-0.15, -0.1) is 0 Å². The summed E-state index contributed by atoms with van der Waals surface area (Å²) >= 11 is 0. The van der Waals surface area contributed by atoms with E-state index in [1.165, 1.54) is 31.2 Å². The Balaban J connectivity index is 2.89. The van der Waals surface area contributed by atoms with Crippen molar-refractivity contribution in [2.24, 2.45) is 17.4 Å². The zero-order valence-electron chi connectivity index (χ0n) is 22.5. The van der Waals surface area contributed by atoms with E-state index in [1.807, 2.05) is 0 Å². The van der Waals surface area contributed by atoms with Gasteiger partial charge in [-0.2, -0.15) is 0 Å². The fraction of sp³-hybridized carbons (Fsp3) is 0.520. The number of carboxylic acids is 1. The molecular weight excluding hydrogens is 528 g/mol. The number of amides is 5. The number of aromatic hydroxyl groups is 1. The molecule has 1 aromatic carbocycles. The number of hydrogen-bond donors (Lipinski definition) is 9. The molecule has 11 N–H and O–H groups in total. The smallest absolute Gasteiger partial charge is 0.326 e. The minimum atomic E-state index is -1.41. The van der Waals surface area contributed by atoms with Gasteiger partial charge in [0, 0.05) is 12.8 Å². The van der Waals surface area contributed by atoms with Crippen molar-refractivity contribution in [3.63, 3.8) is 0 Å². The molecule has 0 bridgehead atoms. The first kappa shape index (κ1) is 33.8. The second-order valence-corrected chi connectivity index (χ2v) is 9.61. The van der Waals surface area contributed by atoms with Gasteiger partial charge in [0.15, 0.2) is 0 Å². The average molecular weight is 567 g/mol. The number of rotatable bonds is 16. The first-order chi connectivity index (χ1) is 18.6. The van der Waals surface area contributed by atoms with Gasteiger partial charge in [-0.25, -0.2) is 4.79 Å². The topological polar surface area (TPSA) is 263 Å². The van der Waals surface area contributed by atoms with Crippen LogP contribution >= 0.6 is 0 Å². The average Bonchev–Trinajstić information content (AvgIpc) is 2.87. The first-order valence-corrected chi connectivity index (χ1v) is 12.5. The first-order valence-electron chi connectivity index (χ1n) is 12.5. The van der Waals surface area contributed by atoms with Crippen LogP contribution in [0.5, 0.6) is 5.75 Å². The van der Waals surface area contributed by atoms with Crippen LogP contribution in [-0.4, -0.2) is 87.6 Å². The third kappa shape index (κ3) is 11.7. The summed E-state index contributed by atoms with van der Waals surface area (Å²) < 4.78 is 0. The highest BCUT2D eigenvalue weighted by atomic mass is 16.4. The number of aliphatic hydroxyl groups excluding tert-OH is 1. The Hall–Kier alpha value is -4.24. The molecule has 1 rings (SSSR count). The number of nitrogens with two attached hydrogens (primary N) is 2. The molecule has 5 atom stereocenters. The van der Waals surface area contributed by atoms with Gasteiger partial charge in [0.05, 0.1) is 12.6 Å². The van der Waals surface area contributed by atoms with Crippen LogP contribution in [0.2, 0.25) is 0 Å². The highest BCUT2D eigenvalue weighted by molar-refractivity contribution is 5.94.